The molecule has 1 heterocycles. The third-order valence-electron chi connectivity index (χ3n) is 4.76. The molecule has 5 heteroatoms. The standard InChI is InChI=1S/C21H24Cl2N2O/c1-14-8-15(2)10-18(9-14)24-21(26)17-4-3-7-25(13-17)12-16-5-6-19(22)20(23)11-16/h5-6,8-11,17H,3-4,7,12-13H2,1-2H3,(H,24,26). The number of rotatable bonds is 4. The van der Waals surface area contributed by atoms with Gasteiger partial charge in [0.15, 0.2) is 0 Å². The van der Waals surface area contributed by atoms with Crippen LogP contribution >= 0.6 is 23.2 Å². The average molecular weight is 391 g/mol. The van der Waals surface area contributed by atoms with E-state index in [4.69, 9.17) is 23.2 Å². The van der Waals surface area contributed by atoms with Gasteiger partial charge in [0, 0.05) is 18.8 Å². The number of likely N-dealkylation sites (tertiary alicyclic amines) is 1. The summed E-state index contributed by atoms with van der Waals surface area (Å²) in [6.45, 7) is 6.62. The van der Waals surface area contributed by atoms with Crippen LogP contribution in [0.3, 0.4) is 0 Å². The van der Waals surface area contributed by atoms with E-state index in [0.717, 1.165) is 54.9 Å². The first-order valence-corrected chi connectivity index (χ1v) is 9.72. The number of hydrogen-bond donors (Lipinski definition) is 1. The van der Waals surface area contributed by atoms with Gasteiger partial charge in [0.1, 0.15) is 0 Å². The van der Waals surface area contributed by atoms with Crippen LogP contribution in [0, 0.1) is 19.8 Å². The Morgan fingerprint density at radius 2 is 1.85 bits per heavy atom. The van der Waals surface area contributed by atoms with Crippen molar-refractivity contribution in [1.82, 2.24) is 4.90 Å². The lowest BCUT2D eigenvalue weighted by molar-refractivity contribution is -0.121. The first kappa shape index (κ1) is 19.2. The van der Waals surface area contributed by atoms with Crippen molar-refractivity contribution in [2.75, 3.05) is 18.4 Å². The molecule has 2 aromatic rings. The summed E-state index contributed by atoms with van der Waals surface area (Å²) in [4.78, 5) is 15.0. The molecule has 0 radical (unpaired) electrons. The lowest BCUT2D eigenvalue weighted by Gasteiger charge is -2.32. The number of halogens is 2. The highest BCUT2D eigenvalue weighted by atomic mass is 35.5. The van der Waals surface area contributed by atoms with Crippen LogP contribution in [-0.2, 0) is 11.3 Å². The molecule has 0 aliphatic carbocycles. The SMILES string of the molecule is Cc1cc(C)cc(NC(=O)C2CCCN(Cc3ccc(Cl)c(Cl)c3)C2)c1. The summed E-state index contributed by atoms with van der Waals surface area (Å²) in [5.41, 5.74) is 4.32. The molecule has 1 unspecified atom stereocenters. The first-order valence-electron chi connectivity index (χ1n) is 8.96. The molecule has 1 aliphatic rings. The second-order valence-corrected chi connectivity index (χ2v) is 8.00. The molecule has 0 aromatic heterocycles. The Balaban J connectivity index is 1.62. The number of piperidine rings is 1. The van der Waals surface area contributed by atoms with Crippen molar-refractivity contribution in [3.05, 3.63) is 63.1 Å². The van der Waals surface area contributed by atoms with Gasteiger partial charge < -0.3 is 5.32 Å². The maximum atomic E-state index is 12.7. The maximum Gasteiger partial charge on any atom is 0.228 e. The fourth-order valence-electron chi connectivity index (χ4n) is 3.60. The van der Waals surface area contributed by atoms with Gasteiger partial charge in [-0.15, -0.1) is 0 Å². The quantitative estimate of drug-likeness (QED) is 0.751. The van der Waals surface area contributed by atoms with Crippen LogP contribution < -0.4 is 5.32 Å². The predicted octanol–water partition coefficient (Wildman–Crippen LogP) is 5.46. The highest BCUT2D eigenvalue weighted by Gasteiger charge is 2.26. The van der Waals surface area contributed by atoms with Crippen LogP contribution in [0.1, 0.15) is 29.5 Å². The Bertz CT molecular complexity index is 786. The Labute approximate surface area is 165 Å². The number of aryl methyl sites for hydroxylation is 2. The minimum Gasteiger partial charge on any atom is -0.326 e. The number of hydrogen-bond acceptors (Lipinski definition) is 2. The number of nitrogens with one attached hydrogen (secondary N) is 1. The van der Waals surface area contributed by atoms with Gasteiger partial charge >= 0.3 is 0 Å². The van der Waals surface area contributed by atoms with Crippen LogP contribution in [-0.4, -0.2) is 23.9 Å². The highest BCUT2D eigenvalue weighted by molar-refractivity contribution is 6.42. The predicted molar refractivity (Wildman–Crippen MR) is 109 cm³/mol. The van der Waals surface area contributed by atoms with Gasteiger partial charge in [-0.25, -0.2) is 0 Å². The second-order valence-electron chi connectivity index (χ2n) is 7.19. The Kier molecular flexibility index (Phi) is 6.23. The summed E-state index contributed by atoms with van der Waals surface area (Å²) in [6, 6.07) is 11.9. The van der Waals surface area contributed by atoms with Crippen molar-refractivity contribution in [1.29, 1.82) is 0 Å². The molecule has 1 amide bonds. The van der Waals surface area contributed by atoms with E-state index in [1.54, 1.807) is 0 Å². The molecule has 1 atom stereocenters. The lowest BCUT2D eigenvalue weighted by Crippen LogP contribution is -2.40. The topological polar surface area (TPSA) is 32.3 Å². The minimum absolute atomic E-state index is 0.00680. The van der Waals surface area contributed by atoms with Crippen LogP contribution in [0.15, 0.2) is 36.4 Å². The number of anilines is 1. The number of nitrogens with zero attached hydrogens (tertiary/aromatic N) is 1. The zero-order valence-corrected chi connectivity index (χ0v) is 16.7. The van der Waals surface area contributed by atoms with Crippen molar-refractivity contribution in [2.45, 2.75) is 33.2 Å². The van der Waals surface area contributed by atoms with E-state index >= 15 is 0 Å². The van der Waals surface area contributed by atoms with Gasteiger partial charge in [-0.1, -0.05) is 35.3 Å². The Hall–Kier alpha value is -1.55. The number of carbonyl (C=O) groups is 1. The lowest BCUT2D eigenvalue weighted by atomic mass is 9.96. The van der Waals surface area contributed by atoms with E-state index in [2.05, 4.69) is 16.3 Å². The molecule has 1 fully saturated rings. The van der Waals surface area contributed by atoms with Gasteiger partial charge in [0.25, 0.3) is 0 Å². The number of benzene rings is 2. The highest BCUT2D eigenvalue weighted by Crippen LogP contribution is 2.25. The summed E-state index contributed by atoms with van der Waals surface area (Å²) in [5, 5.41) is 4.23. The van der Waals surface area contributed by atoms with Gasteiger partial charge in [0.2, 0.25) is 5.91 Å². The third-order valence-corrected chi connectivity index (χ3v) is 5.49. The van der Waals surface area contributed by atoms with E-state index < -0.39 is 0 Å². The summed E-state index contributed by atoms with van der Waals surface area (Å²) in [6.07, 6.45) is 1.95. The van der Waals surface area contributed by atoms with Gasteiger partial charge in [-0.3, -0.25) is 9.69 Å². The van der Waals surface area contributed by atoms with Crippen LogP contribution in [0.2, 0.25) is 10.0 Å². The first-order chi connectivity index (χ1) is 12.4. The van der Waals surface area contributed by atoms with E-state index in [9.17, 15) is 4.79 Å². The molecule has 3 rings (SSSR count). The van der Waals surface area contributed by atoms with Crippen molar-refractivity contribution in [2.24, 2.45) is 5.92 Å². The molecule has 2 aromatic carbocycles. The average Bonchev–Trinajstić information content (AvgIpc) is 2.57. The van der Waals surface area contributed by atoms with Crippen molar-refractivity contribution in [3.8, 4) is 0 Å². The second kappa shape index (κ2) is 8.43. The Morgan fingerprint density at radius 1 is 1.12 bits per heavy atom. The van der Waals surface area contributed by atoms with Crippen molar-refractivity contribution >= 4 is 34.8 Å². The molecule has 26 heavy (non-hydrogen) atoms. The fraction of sp³-hybridized carbons (Fsp3) is 0.381. The van der Waals surface area contributed by atoms with E-state index in [1.807, 2.05) is 44.2 Å². The normalized spacial score (nSPS) is 17.9. The van der Waals surface area contributed by atoms with Crippen LogP contribution in [0.5, 0.6) is 0 Å². The molecule has 1 aliphatic heterocycles. The molecular formula is C21H24Cl2N2O. The molecule has 3 nitrogen and oxygen atoms in total. The summed E-state index contributed by atoms with van der Waals surface area (Å²) in [5.74, 6) is 0.112. The molecule has 0 spiro atoms. The molecule has 1 saturated heterocycles. The number of amides is 1. The van der Waals surface area contributed by atoms with Gasteiger partial charge in [-0.2, -0.15) is 0 Å². The van der Waals surface area contributed by atoms with Crippen molar-refractivity contribution in [3.63, 3.8) is 0 Å². The molecular weight excluding hydrogens is 367 g/mol. The maximum absolute atomic E-state index is 12.7. The summed E-state index contributed by atoms with van der Waals surface area (Å²) in [7, 11) is 0. The minimum atomic E-state index is 0.00680. The zero-order chi connectivity index (χ0) is 18.7. The zero-order valence-electron chi connectivity index (χ0n) is 15.2. The molecule has 0 saturated carbocycles. The Morgan fingerprint density at radius 3 is 2.54 bits per heavy atom. The van der Waals surface area contributed by atoms with E-state index in [0.29, 0.717) is 10.0 Å². The number of carbonyl (C=O) groups excluding carboxylic acids is 1. The van der Waals surface area contributed by atoms with E-state index in [1.165, 1.54) is 0 Å². The van der Waals surface area contributed by atoms with E-state index in [-0.39, 0.29) is 11.8 Å². The molecule has 138 valence electrons. The fourth-order valence-corrected chi connectivity index (χ4v) is 3.92. The van der Waals surface area contributed by atoms with Gasteiger partial charge in [-0.05, 0) is 74.2 Å². The molecule has 0 bridgehead atoms. The largest absolute Gasteiger partial charge is 0.326 e. The van der Waals surface area contributed by atoms with Gasteiger partial charge in [0.05, 0.1) is 16.0 Å². The smallest absolute Gasteiger partial charge is 0.228 e. The third kappa shape index (κ3) is 5.00. The monoisotopic (exact) mass is 390 g/mol. The van der Waals surface area contributed by atoms with Crippen molar-refractivity contribution < 1.29 is 4.79 Å². The molecule has 1 N–H and O–H groups in total. The van der Waals surface area contributed by atoms with Crippen LogP contribution in [0.25, 0.3) is 0 Å². The summed E-state index contributed by atoms with van der Waals surface area (Å²) < 4.78 is 0. The van der Waals surface area contributed by atoms with Crippen LogP contribution in [0.4, 0.5) is 5.69 Å². The summed E-state index contributed by atoms with van der Waals surface area (Å²) >= 11 is 12.1.